The van der Waals surface area contributed by atoms with E-state index in [4.69, 9.17) is 16.3 Å². The van der Waals surface area contributed by atoms with Gasteiger partial charge >= 0.3 is 0 Å². The van der Waals surface area contributed by atoms with Gasteiger partial charge < -0.3 is 4.74 Å². The predicted molar refractivity (Wildman–Crippen MR) is 65.9 cm³/mol. The Kier molecular flexibility index (Phi) is 5.56. The summed E-state index contributed by atoms with van der Waals surface area (Å²) < 4.78 is 5.57. The summed E-state index contributed by atoms with van der Waals surface area (Å²) >= 11 is 6.12. The van der Waals surface area contributed by atoms with E-state index in [0.29, 0.717) is 0 Å². The summed E-state index contributed by atoms with van der Waals surface area (Å²) in [6, 6.07) is 8.21. The van der Waals surface area contributed by atoms with Crippen LogP contribution in [-0.2, 0) is 6.42 Å². The fourth-order valence-electron chi connectivity index (χ4n) is 1.38. The molecule has 0 spiro atoms. The fraction of sp³-hybridized carbons (Fsp3) is 0.538. The van der Waals surface area contributed by atoms with E-state index in [9.17, 15) is 0 Å². The molecule has 0 bridgehead atoms. The third-order valence-corrected chi connectivity index (χ3v) is 2.73. The van der Waals surface area contributed by atoms with Crippen molar-refractivity contribution in [1.29, 1.82) is 0 Å². The highest BCUT2D eigenvalue weighted by atomic mass is 35.5. The van der Waals surface area contributed by atoms with Crippen LogP contribution in [0, 0.1) is 0 Å². The largest absolute Gasteiger partial charge is 0.494 e. The molecule has 0 saturated heterocycles. The first-order valence-electron chi connectivity index (χ1n) is 5.62. The molecule has 0 saturated carbocycles. The van der Waals surface area contributed by atoms with Gasteiger partial charge in [-0.3, -0.25) is 0 Å². The number of rotatable bonds is 6. The molecule has 0 N–H and O–H groups in total. The molecule has 0 aliphatic rings. The normalized spacial score (nSPS) is 12.5. The molecule has 2 heteroatoms. The average Bonchev–Trinajstić information content (AvgIpc) is 2.26. The van der Waals surface area contributed by atoms with Gasteiger partial charge in [0.2, 0.25) is 0 Å². The summed E-state index contributed by atoms with van der Waals surface area (Å²) in [6.45, 7) is 4.99. The number of hydrogen-bond acceptors (Lipinski definition) is 1. The second kappa shape index (κ2) is 6.73. The minimum absolute atomic E-state index is 0.228. The van der Waals surface area contributed by atoms with Gasteiger partial charge in [0.15, 0.2) is 0 Å². The molecule has 15 heavy (non-hydrogen) atoms. The van der Waals surface area contributed by atoms with Crippen LogP contribution in [0.4, 0.5) is 0 Å². The molecule has 0 radical (unpaired) electrons. The molecule has 84 valence electrons. The highest BCUT2D eigenvalue weighted by molar-refractivity contribution is 6.20. The molecule has 1 nitrogen and oxygen atoms in total. The van der Waals surface area contributed by atoms with Crippen molar-refractivity contribution < 1.29 is 4.74 Å². The van der Waals surface area contributed by atoms with Crippen LogP contribution < -0.4 is 4.74 Å². The Bertz CT molecular complexity index is 286. The van der Waals surface area contributed by atoms with Crippen molar-refractivity contribution in [3.63, 3.8) is 0 Å². The monoisotopic (exact) mass is 226 g/mol. The first-order valence-corrected chi connectivity index (χ1v) is 6.05. The molecule has 1 aromatic carbocycles. The zero-order valence-electron chi connectivity index (χ0n) is 9.50. The van der Waals surface area contributed by atoms with E-state index in [1.165, 1.54) is 5.56 Å². The molecule has 1 unspecified atom stereocenters. The number of halogens is 1. The Morgan fingerprint density at radius 1 is 1.33 bits per heavy atom. The lowest BCUT2D eigenvalue weighted by atomic mass is 10.1. The molecule has 1 rings (SSSR count). The Balaban J connectivity index is 2.57. The van der Waals surface area contributed by atoms with Gasteiger partial charge in [-0.15, -0.1) is 11.6 Å². The van der Waals surface area contributed by atoms with Gasteiger partial charge in [0.05, 0.1) is 6.61 Å². The molecule has 0 aliphatic carbocycles. The Labute approximate surface area is 97.4 Å². The van der Waals surface area contributed by atoms with Crippen LogP contribution in [0.15, 0.2) is 24.3 Å². The van der Waals surface area contributed by atoms with Gasteiger partial charge in [0, 0.05) is 5.38 Å². The lowest BCUT2D eigenvalue weighted by Gasteiger charge is -2.09. The van der Waals surface area contributed by atoms with Crippen LogP contribution in [-0.4, -0.2) is 12.0 Å². The standard InChI is InChI=1S/C13H19ClO/c1-3-8-15-13-7-5-6-11(10-13)9-12(14)4-2/h5-7,10,12H,3-4,8-9H2,1-2H3. The molecule has 0 heterocycles. The van der Waals surface area contributed by atoms with Crippen LogP contribution in [0.2, 0.25) is 0 Å². The minimum atomic E-state index is 0.228. The lowest BCUT2D eigenvalue weighted by molar-refractivity contribution is 0.317. The van der Waals surface area contributed by atoms with Crippen molar-refractivity contribution in [1.82, 2.24) is 0 Å². The predicted octanol–water partition coefficient (Wildman–Crippen LogP) is 4.04. The van der Waals surface area contributed by atoms with Crippen LogP contribution in [0.25, 0.3) is 0 Å². The second-order valence-electron chi connectivity index (χ2n) is 3.71. The first-order chi connectivity index (χ1) is 7.26. The highest BCUT2D eigenvalue weighted by Gasteiger charge is 2.03. The van der Waals surface area contributed by atoms with Crippen molar-refractivity contribution in [3.8, 4) is 5.75 Å². The lowest BCUT2D eigenvalue weighted by Crippen LogP contribution is -2.02. The molecule has 0 aromatic heterocycles. The van der Waals surface area contributed by atoms with Crippen molar-refractivity contribution in [3.05, 3.63) is 29.8 Å². The summed E-state index contributed by atoms with van der Waals surface area (Å²) in [7, 11) is 0. The van der Waals surface area contributed by atoms with Crippen LogP contribution in [0.3, 0.4) is 0 Å². The van der Waals surface area contributed by atoms with Crippen LogP contribution in [0.5, 0.6) is 5.75 Å². The van der Waals surface area contributed by atoms with E-state index < -0.39 is 0 Å². The molecule has 1 atom stereocenters. The quantitative estimate of drug-likeness (QED) is 0.666. The summed E-state index contributed by atoms with van der Waals surface area (Å²) in [5.41, 5.74) is 1.26. The number of hydrogen-bond donors (Lipinski definition) is 0. The van der Waals surface area contributed by atoms with Gasteiger partial charge in [-0.2, -0.15) is 0 Å². The molecule has 1 aromatic rings. The smallest absolute Gasteiger partial charge is 0.119 e. The van der Waals surface area contributed by atoms with E-state index >= 15 is 0 Å². The molecule has 0 fully saturated rings. The minimum Gasteiger partial charge on any atom is -0.494 e. The second-order valence-corrected chi connectivity index (χ2v) is 4.32. The Hall–Kier alpha value is -0.690. The molecule has 0 aliphatic heterocycles. The van der Waals surface area contributed by atoms with Gasteiger partial charge in [0.25, 0.3) is 0 Å². The number of alkyl halides is 1. The van der Waals surface area contributed by atoms with E-state index in [-0.39, 0.29) is 5.38 Å². The van der Waals surface area contributed by atoms with Crippen molar-refractivity contribution in [2.24, 2.45) is 0 Å². The van der Waals surface area contributed by atoms with Crippen LogP contribution in [0.1, 0.15) is 32.3 Å². The average molecular weight is 227 g/mol. The summed E-state index contributed by atoms with van der Waals surface area (Å²) in [4.78, 5) is 0. The number of ether oxygens (including phenoxy) is 1. The van der Waals surface area contributed by atoms with Gasteiger partial charge in [-0.05, 0) is 37.0 Å². The maximum atomic E-state index is 6.12. The summed E-state index contributed by atoms with van der Waals surface area (Å²) in [5, 5.41) is 0.228. The van der Waals surface area contributed by atoms with E-state index in [1.54, 1.807) is 0 Å². The van der Waals surface area contributed by atoms with Gasteiger partial charge in [0.1, 0.15) is 5.75 Å². The van der Waals surface area contributed by atoms with Gasteiger partial charge in [-0.25, -0.2) is 0 Å². The third-order valence-electron chi connectivity index (χ3n) is 2.27. The van der Waals surface area contributed by atoms with E-state index in [2.05, 4.69) is 26.0 Å². The molecule has 0 amide bonds. The van der Waals surface area contributed by atoms with Crippen molar-refractivity contribution >= 4 is 11.6 Å². The summed E-state index contributed by atoms with van der Waals surface area (Å²) in [5.74, 6) is 0.953. The zero-order valence-corrected chi connectivity index (χ0v) is 10.3. The first kappa shape index (κ1) is 12.4. The van der Waals surface area contributed by atoms with E-state index in [0.717, 1.165) is 31.6 Å². The van der Waals surface area contributed by atoms with Gasteiger partial charge in [-0.1, -0.05) is 26.0 Å². The van der Waals surface area contributed by atoms with Crippen LogP contribution >= 0.6 is 11.6 Å². The fourth-order valence-corrected chi connectivity index (χ4v) is 1.56. The van der Waals surface area contributed by atoms with Crippen molar-refractivity contribution in [2.45, 2.75) is 38.5 Å². The van der Waals surface area contributed by atoms with E-state index in [1.807, 2.05) is 12.1 Å². The SMILES string of the molecule is CCCOc1cccc(CC(Cl)CC)c1. The maximum absolute atomic E-state index is 6.12. The highest BCUT2D eigenvalue weighted by Crippen LogP contribution is 2.17. The maximum Gasteiger partial charge on any atom is 0.119 e. The Morgan fingerprint density at radius 2 is 2.13 bits per heavy atom. The zero-order chi connectivity index (χ0) is 11.1. The third kappa shape index (κ3) is 4.57. The number of benzene rings is 1. The topological polar surface area (TPSA) is 9.23 Å². The Morgan fingerprint density at radius 3 is 2.80 bits per heavy atom. The summed E-state index contributed by atoms with van der Waals surface area (Å²) in [6.07, 6.45) is 2.96. The van der Waals surface area contributed by atoms with Crippen molar-refractivity contribution in [2.75, 3.05) is 6.61 Å². The molecular weight excluding hydrogens is 208 g/mol. The molecular formula is C13H19ClO.